The van der Waals surface area contributed by atoms with Crippen molar-refractivity contribution in [1.82, 2.24) is 0 Å². The maximum absolute atomic E-state index is 3.08. The van der Waals surface area contributed by atoms with Crippen molar-refractivity contribution in [1.29, 1.82) is 0 Å². The second-order valence-electron chi connectivity index (χ2n) is 2.32. The predicted octanol–water partition coefficient (Wildman–Crippen LogP) is 3.17. The normalized spacial score (nSPS) is 9.25. The molecular formula is C11H16Y-2. The van der Waals surface area contributed by atoms with Gasteiger partial charge in [-0.3, -0.25) is 0 Å². The maximum atomic E-state index is 3.08. The molecule has 0 unspecified atom stereocenters. The molecule has 1 aliphatic carbocycles. The molecule has 0 N–H and O–H groups in total. The molecule has 0 amide bonds. The van der Waals surface area contributed by atoms with Crippen LogP contribution in [-0.2, 0) is 39.1 Å². The zero-order valence-electron chi connectivity index (χ0n) is 8.44. The van der Waals surface area contributed by atoms with Crippen molar-refractivity contribution in [2.45, 2.75) is 27.2 Å². The zero-order valence-corrected chi connectivity index (χ0v) is 11.3. The first kappa shape index (κ1) is 14.8. The van der Waals surface area contributed by atoms with Crippen LogP contribution in [0.25, 0.3) is 0 Å². The van der Waals surface area contributed by atoms with Crippen LogP contribution >= 0.6 is 0 Å². The smallest absolute Gasteiger partial charge is 0 e. The second kappa shape index (κ2) is 6.80. The molecule has 0 heterocycles. The third kappa shape index (κ3) is 3.37. The van der Waals surface area contributed by atoms with Gasteiger partial charge >= 0.3 is 0 Å². The number of fused-ring (bicyclic) bond motifs is 1. The Balaban J connectivity index is 0. The van der Waals surface area contributed by atoms with Crippen molar-refractivity contribution in [2.24, 2.45) is 0 Å². The standard InChI is InChI=1S/C8H7.C2H6.CH3.Y/c1-6-3-2-4-7-5-8(6)7;1-2;;/h3-4H,5H2,1H3;1-2H3;1H3;/q-1;;-1;. The molecule has 0 fully saturated rings. The van der Waals surface area contributed by atoms with E-state index in [1.54, 1.807) is 5.56 Å². The quantitative estimate of drug-likeness (QED) is 0.617. The van der Waals surface area contributed by atoms with Gasteiger partial charge in [-0.1, -0.05) is 27.2 Å². The van der Waals surface area contributed by atoms with Gasteiger partial charge in [0.05, 0.1) is 0 Å². The van der Waals surface area contributed by atoms with Gasteiger partial charge in [0, 0.05) is 32.7 Å². The van der Waals surface area contributed by atoms with E-state index >= 15 is 0 Å². The average molecular weight is 237 g/mol. The second-order valence-corrected chi connectivity index (χ2v) is 2.32. The Kier molecular flexibility index (Phi) is 8.40. The van der Waals surface area contributed by atoms with E-state index in [2.05, 4.69) is 19.1 Å². The molecule has 65 valence electrons. The van der Waals surface area contributed by atoms with Gasteiger partial charge in [-0.05, 0) is 0 Å². The third-order valence-corrected chi connectivity index (χ3v) is 1.66. The van der Waals surface area contributed by atoms with Gasteiger partial charge in [-0.2, -0.15) is 34.9 Å². The Labute approximate surface area is 102 Å². The largest absolute Gasteiger partial charge is 0.358 e. The summed E-state index contributed by atoms with van der Waals surface area (Å²) in [6.07, 6.45) is 1.22. The molecule has 0 spiro atoms. The van der Waals surface area contributed by atoms with E-state index in [1.807, 2.05) is 19.9 Å². The number of hydrogen-bond acceptors (Lipinski definition) is 0. The predicted molar refractivity (Wildman–Crippen MR) is 50.6 cm³/mol. The molecule has 0 atom stereocenters. The van der Waals surface area contributed by atoms with Crippen molar-refractivity contribution in [2.75, 3.05) is 0 Å². The number of rotatable bonds is 0. The Morgan fingerprint density at radius 2 is 1.83 bits per heavy atom. The van der Waals surface area contributed by atoms with E-state index in [4.69, 9.17) is 0 Å². The van der Waals surface area contributed by atoms with Crippen LogP contribution in [0.3, 0.4) is 0 Å². The fourth-order valence-corrected chi connectivity index (χ4v) is 1.03. The SMILES string of the molecule is CC.Cc1c[c-]cc2c1C2.[CH3-].[Y]. The summed E-state index contributed by atoms with van der Waals surface area (Å²) in [6, 6.07) is 7.20. The topological polar surface area (TPSA) is 0 Å². The van der Waals surface area contributed by atoms with Crippen molar-refractivity contribution in [3.05, 3.63) is 42.3 Å². The van der Waals surface area contributed by atoms with Crippen LogP contribution in [0.5, 0.6) is 0 Å². The first-order valence-electron chi connectivity index (χ1n) is 3.86. The molecule has 0 aromatic heterocycles. The minimum Gasteiger partial charge on any atom is -0.358 e. The van der Waals surface area contributed by atoms with Crippen LogP contribution in [0.4, 0.5) is 0 Å². The van der Waals surface area contributed by atoms with E-state index in [1.165, 1.54) is 17.5 Å². The Bertz CT molecular complexity index is 228. The van der Waals surface area contributed by atoms with Crippen molar-refractivity contribution < 1.29 is 32.7 Å². The molecule has 12 heavy (non-hydrogen) atoms. The van der Waals surface area contributed by atoms with E-state index in [9.17, 15) is 0 Å². The minimum atomic E-state index is 0. The fourth-order valence-electron chi connectivity index (χ4n) is 1.03. The van der Waals surface area contributed by atoms with Gasteiger partial charge in [-0.15, -0.1) is 0 Å². The van der Waals surface area contributed by atoms with Crippen molar-refractivity contribution in [3.63, 3.8) is 0 Å². The monoisotopic (exact) mass is 237 g/mol. The molecule has 2 rings (SSSR count). The molecule has 1 radical (unpaired) electrons. The van der Waals surface area contributed by atoms with Gasteiger partial charge in [0.2, 0.25) is 0 Å². The number of benzene rings is 1. The average Bonchev–Trinajstić information content (AvgIpc) is 2.72. The third-order valence-electron chi connectivity index (χ3n) is 1.66. The van der Waals surface area contributed by atoms with Crippen molar-refractivity contribution >= 4 is 0 Å². The molecule has 0 saturated heterocycles. The summed E-state index contributed by atoms with van der Waals surface area (Å²) >= 11 is 0. The van der Waals surface area contributed by atoms with Gasteiger partial charge in [0.25, 0.3) is 0 Å². The Hall–Kier alpha value is 0.324. The van der Waals surface area contributed by atoms with Crippen molar-refractivity contribution in [3.8, 4) is 0 Å². The van der Waals surface area contributed by atoms with Crippen LogP contribution in [0.2, 0.25) is 0 Å². The summed E-state index contributed by atoms with van der Waals surface area (Å²) in [4.78, 5) is 0. The summed E-state index contributed by atoms with van der Waals surface area (Å²) < 4.78 is 0. The van der Waals surface area contributed by atoms with Gasteiger partial charge in [0.15, 0.2) is 0 Å². The zero-order chi connectivity index (χ0) is 7.56. The molecule has 1 heteroatoms. The van der Waals surface area contributed by atoms with Crippen LogP contribution < -0.4 is 0 Å². The fraction of sp³-hybridized carbons (Fsp3) is 0.364. The molecule has 0 bridgehead atoms. The summed E-state index contributed by atoms with van der Waals surface area (Å²) in [6.45, 7) is 6.14. The Morgan fingerprint density at radius 3 is 2.25 bits per heavy atom. The summed E-state index contributed by atoms with van der Waals surface area (Å²) in [7, 11) is 0. The van der Waals surface area contributed by atoms with Gasteiger partial charge in [-0.25, -0.2) is 0 Å². The first-order chi connectivity index (χ1) is 4.88. The summed E-state index contributed by atoms with van der Waals surface area (Å²) in [5, 5.41) is 0. The molecule has 1 aromatic rings. The van der Waals surface area contributed by atoms with E-state index < -0.39 is 0 Å². The Morgan fingerprint density at radius 1 is 1.25 bits per heavy atom. The van der Waals surface area contributed by atoms with Crippen LogP contribution in [-0.4, -0.2) is 0 Å². The van der Waals surface area contributed by atoms with E-state index in [0.717, 1.165) is 0 Å². The minimum absolute atomic E-state index is 0. The van der Waals surface area contributed by atoms with Gasteiger partial charge in [0.1, 0.15) is 0 Å². The summed E-state index contributed by atoms with van der Waals surface area (Å²) in [5.41, 5.74) is 4.44. The molecule has 1 aliphatic rings. The molecule has 0 saturated carbocycles. The maximum Gasteiger partial charge on any atom is 0 e. The number of hydrogen-bond donors (Lipinski definition) is 0. The summed E-state index contributed by atoms with van der Waals surface area (Å²) in [5.74, 6) is 0. The number of aryl methyl sites for hydroxylation is 1. The molecule has 0 nitrogen and oxygen atoms in total. The molecule has 0 aliphatic heterocycles. The molecule has 1 aromatic carbocycles. The van der Waals surface area contributed by atoms with Crippen LogP contribution in [0.15, 0.2) is 12.1 Å². The van der Waals surface area contributed by atoms with Crippen LogP contribution in [0.1, 0.15) is 30.5 Å². The van der Waals surface area contributed by atoms with Crippen LogP contribution in [0, 0.1) is 20.4 Å². The van der Waals surface area contributed by atoms with E-state index in [0.29, 0.717) is 0 Å². The van der Waals surface area contributed by atoms with E-state index in [-0.39, 0.29) is 40.1 Å². The molecular weight excluding hydrogens is 221 g/mol. The van der Waals surface area contributed by atoms with Gasteiger partial charge < -0.3 is 7.43 Å². The first-order valence-corrected chi connectivity index (χ1v) is 3.86.